The van der Waals surface area contributed by atoms with Crippen LogP contribution in [0.4, 0.5) is 0 Å². The topological polar surface area (TPSA) is 162 Å². The third kappa shape index (κ3) is 9.70. The van der Waals surface area contributed by atoms with E-state index in [1.807, 2.05) is 19.9 Å². The first-order chi connectivity index (χ1) is 35.1. The van der Waals surface area contributed by atoms with Crippen LogP contribution in [0.1, 0.15) is 146 Å². The number of benzene rings is 4. The molecule has 5 bridgehead atoms. The van der Waals surface area contributed by atoms with Crippen LogP contribution in [0.15, 0.2) is 117 Å². The van der Waals surface area contributed by atoms with Crippen LogP contribution < -0.4 is 10.4 Å². The zero-order chi connectivity index (χ0) is 49.9. The number of allylic oxidation sites excluding steroid dienone is 3. The lowest BCUT2D eigenvalue weighted by atomic mass is 9.71. The summed E-state index contributed by atoms with van der Waals surface area (Å²) in [6.45, 7) is 2.20. The van der Waals surface area contributed by atoms with E-state index in [1.54, 1.807) is 12.1 Å². The number of hydrogen-bond acceptors (Lipinski definition) is 11. The molecular formula is C61H64O11. The third-order valence-electron chi connectivity index (χ3n) is 16.1. The number of aryl methyl sites for hydroxylation is 1. The molecule has 0 unspecified atom stereocenters. The number of hydrogen-bond donors (Lipinski definition) is 3. The van der Waals surface area contributed by atoms with Gasteiger partial charge >= 0.3 is 17.6 Å². The van der Waals surface area contributed by atoms with E-state index in [9.17, 15) is 20.1 Å². The Morgan fingerprint density at radius 1 is 0.875 bits per heavy atom. The fourth-order valence-electron chi connectivity index (χ4n) is 12.5. The molecule has 4 aromatic carbocycles. The summed E-state index contributed by atoms with van der Waals surface area (Å²) < 4.78 is 32.8. The van der Waals surface area contributed by atoms with Gasteiger partial charge in [-0.25, -0.2) is 9.59 Å². The number of fused-ring (bicyclic) bond motifs is 9. The van der Waals surface area contributed by atoms with E-state index in [1.165, 1.54) is 16.7 Å². The maximum absolute atomic E-state index is 15.4. The molecule has 374 valence electrons. The SMILES string of the molecule is CC(C)=C1CCc2ccc3c(c2)CC#CC[C@@]2(C4CCCC4)Oc4ccc5c(CO)c([C@H](CCO)COCO)c(=O)oc5c4[C@@H](OC(=O)C[C@@H]4C[C@H](c5cccc(Cc6ccccc6)c5)C=C[C@@H]34)[C@@H]2OC1=O. The van der Waals surface area contributed by atoms with Gasteiger partial charge in [0.25, 0.3) is 0 Å². The minimum atomic E-state index is -1.33. The summed E-state index contributed by atoms with van der Waals surface area (Å²) >= 11 is 0. The highest BCUT2D eigenvalue weighted by molar-refractivity contribution is 5.90. The van der Waals surface area contributed by atoms with Gasteiger partial charge in [-0.05, 0) is 116 Å². The molecule has 2 aliphatic carbocycles. The lowest BCUT2D eigenvalue weighted by Gasteiger charge is -2.49. The number of aliphatic hydroxyl groups excluding tert-OH is 3. The Hall–Kier alpha value is -6.29. The van der Waals surface area contributed by atoms with E-state index in [0.29, 0.717) is 42.4 Å². The molecule has 11 heteroatoms. The minimum Gasteiger partial charge on any atom is -0.481 e. The van der Waals surface area contributed by atoms with Gasteiger partial charge in [-0.2, -0.15) is 0 Å². The van der Waals surface area contributed by atoms with E-state index in [4.69, 9.17) is 23.4 Å². The van der Waals surface area contributed by atoms with Crippen molar-refractivity contribution in [1.82, 2.24) is 0 Å². The van der Waals surface area contributed by atoms with Crippen LogP contribution in [0.25, 0.3) is 11.0 Å². The van der Waals surface area contributed by atoms with E-state index in [-0.39, 0.29) is 78.4 Å². The summed E-state index contributed by atoms with van der Waals surface area (Å²) in [5.74, 6) is 5.11. The number of rotatable bonds is 11. The Labute approximate surface area is 420 Å². The van der Waals surface area contributed by atoms with Gasteiger partial charge < -0.3 is 38.7 Å². The summed E-state index contributed by atoms with van der Waals surface area (Å²) in [5.41, 5.74) is 6.71. The molecule has 7 atom stereocenters. The monoisotopic (exact) mass is 972 g/mol. The number of ether oxygens (including phenoxy) is 4. The van der Waals surface area contributed by atoms with Gasteiger partial charge in [0.2, 0.25) is 0 Å². The molecule has 3 N–H and O–H groups in total. The Morgan fingerprint density at radius 3 is 2.47 bits per heavy atom. The molecule has 1 saturated carbocycles. The van der Waals surface area contributed by atoms with Crippen molar-refractivity contribution < 1.29 is 48.3 Å². The van der Waals surface area contributed by atoms with Crippen LogP contribution in [0.3, 0.4) is 0 Å². The predicted octanol–water partition coefficient (Wildman–Crippen LogP) is 9.89. The summed E-state index contributed by atoms with van der Waals surface area (Å²) in [7, 11) is 0. The molecule has 3 aliphatic heterocycles. The van der Waals surface area contributed by atoms with Crippen LogP contribution in [-0.4, -0.2) is 59.0 Å². The fraction of sp³-hybridized carbons (Fsp3) is 0.426. The number of carbonyl (C=O) groups is 2. The van der Waals surface area contributed by atoms with E-state index in [2.05, 4.69) is 90.7 Å². The van der Waals surface area contributed by atoms with Crippen LogP contribution in [0, 0.1) is 23.7 Å². The largest absolute Gasteiger partial charge is 0.481 e. The predicted molar refractivity (Wildman–Crippen MR) is 272 cm³/mol. The van der Waals surface area contributed by atoms with Crippen molar-refractivity contribution in [3.63, 3.8) is 0 Å². The quantitative estimate of drug-likeness (QED) is 0.0289. The van der Waals surface area contributed by atoms with Crippen molar-refractivity contribution in [2.75, 3.05) is 20.0 Å². The second-order valence-corrected chi connectivity index (χ2v) is 20.6. The van der Waals surface area contributed by atoms with Crippen molar-refractivity contribution in [3.05, 3.63) is 169 Å². The van der Waals surface area contributed by atoms with Gasteiger partial charge in [-0.1, -0.05) is 115 Å². The zero-order valence-electron chi connectivity index (χ0n) is 41.2. The molecule has 10 rings (SSSR count). The normalized spacial score (nSPS) is 24.5. The molecule has 5 aromatic rings. The molecule has 1 fully saturated rings. The molecule has 0 spiro atoms. The first kappa shape index (κ1) is 49.3. The average Bonchev–Trinajstić information content (AvgIpc) is 3.93. The molecule has 72 heavy (non-hydrogen) atoms. The summed E-state index contributed by atoms with van der Waals surface area (Å²) in [6.07, 6.45) is 8.58. The molecular weight excluding hydrogens is 909 g/mol. The van der Waals surface area contributed by atoms with Gasteiger partial charge in [0, 0.05) is 59.6 Å². The summed E-state index contributed by atoms with van der Waals surface area (Å²) in [6, 6.07) is 29.2. The first-order valence-corrected chi connectivity index (χ1v) is 25.8. The van der Waals surface area contributed by atoms with Crippen molar-refractivity contribution in [3.8, 4) is 17.6 Å². The molecule has 11 nitrogen and oxygen atoms in total. The van der Waals surface area contributed by atoms with Gasteiger partial charge in [-0.15, -0.1) is 0 Å². The van der Waals surface area contributed by atoms with Crippen LogP contribution in [0.5, 0.6) is 5.75 Å². The Balaban J connectivity index is 1.16. The first-order valence-electron chi connectivity index (χ1n) is 25.8. The maximum atomic E-state index is 15.4. The Morgan fingerprint density at radius 2 is 1.69 bits per heavy atom. The maximum Gasteiger partial charge on any atom is 0.340 e. The average molecular weight is 973 g/mol. The number of aliphatic hydroxyl groups is 3. The molecule has 1 aromatic heterocycles. The number of esters is 2. The van der Waals surface area contributed by atoms with E-state index in [0.717, 1.165) is 54.4 Å². The molecule has 0 amide bonds. The lowest BCUT2D eigenvalue weighted by Crippen LogP contribution is -2.59. The van der Waals surface area contributed by atoms with Crippen LogP contribution >= 0.6 is 0 Å². The van der Waals surface area contributed by atoms with Gasteiger partial charge in [0.15, 0.2) is 17.8 Å². The third-order valence-corrected chi connectivity index (χ3v) is 16.1. The molecule has 0 radical (unpaired) electrons. The van der Waals surface area contributed by atoms with Gasteiger partial charge in [0.05, 0.1) is 25.2 Å². The molecule has 5 aliphatic rings. The summed E-state index contributed by atoms with van der Waals surface area (Å²) in [4.78, 5) is 44.8. The second kappa shape index (κ2) is 21.4. The molecule has 0 saturated heterocycles. The Bertz CT molecular complexity index is 3020. The summed E-state index contributed by atoms with van der Waals surface area (Å²) in [5, 5.41) is 31.0. The zero-order valence-corrected chi connectivity index (χ0v) is 41.2. The standard InChI is InChI=1S/C61H64O11/c1-37(2)47-21-18-39-19-22-48-43(30-39)14-8-9-27-61(46-16-6-7-17-46)58(71-59(47)66)57(55-52(72-61)25-24-50-51(34-63)54(60(67)70-56(50)55)44(26-28-62)35-68-36-64)69-53(65)33-45-32-42(20-23-49(45)48)41-15-10-13-40(31-41)29-38-11-4-3-5-12-38/h3-5,10-13,15,19-20,22-25,30-31,42,44-46,49,57-58,62-64H,6-7,14,16-18,21,26-29,32-36H2,1-2H3/t42-,44-,45+,49-,57-,58+,61+/m1/s1. The smallest absolute Gasteiger partial charge is 0.340 e. The van der Waals surface area contributed by atoms with Gasteiger partial charge in [0.1, 0.15) is 18.1 Å². The highest BCUT2D eigenvalue weighted by Crippen LogP contribution is 2.54. The van der Waals surface area contributed by atoms with Crippen molar-refractivity contribution in [2.45, 2.75) is 133 Å². The fourth-order valence-corrected chi connectivity index (χ4v) is 12.5. The van der Waals surface area contributed by atoms with Crippen LogP contribution in [0.2, 0.25) is 0 Å². The second-order valence-electron chi connectivity index (χ2n) is 20.6. The number of carbonyl (C=O) groups excluding carboxylic acids is 2. The minimum absolute atomic E-state index is 0.0125. The van der Waals surface area contributed by atoms with E-state index < -0.39 is 54.7 Å². The lowest BCUT2D eigenvalue weighted by molar-refractivity contribution is -0.201. The van der Waals surface area contributed by atoms with Crippen molar-refractivity contribution >= 4 is 22.9 Å². The molecule has 4 heterocycles. The van der Waals surface area contributed by atoms with E-state index >= 15 is 9.59 Å². The highest BCUT2D eigenvalue weighted by Gasteiger charge is 2.59. The Kier molecular flexibility index (Phi) is 14.7. The highest BCUT2D eigenvalue weighted by atomic mass is 16.6. The van der Waals surface area contributed by atoms with Crippen LogP contribution in [-0.2, 0) is 49.7 Å². The van der Waals surface area contributed by atoms with Crippen molar-refractivity contribution in [1.29, 1.82) is 0 Å². The van der Waals surface area contributed by atoms with Gasteiger partial charge in [-0.3, -0.25) is 4.79 Å². The van der Waals surface area contributed by atoms with Crippen molar-refractivity contribution in [2.24, 2.45) is 11.8 Å².